The molecule has 18 heavy (non-hydrogen) atoms. The van der Waals surface area contributed by atoms with Gasteiger partial charge in [-0.3, -0.25) is 4.90 Å². The van der Waals surface area contributed by atoms with E-state index in [2.05, 4.69) is 4.90 Å². The van der Waals surface area contributed by atoms with Crippen LogP contribution in [0.3, 0.4) is 0 Å². The van der Waals surface area contributed by atoms with Crippen molar-refractivity contribution in [1.29, 1.82) is 0 Å². The number of alkyl halides is 1. The van der Waals surface area contributed by atoms with Gasteiger partial charge in [-0.2, -0.15) is 0 Å². The fourth-order valence-corrected chi connectivity index (χ4v) is 3.92. The fourth-order valence-electron chi connectivity index (χ4n) is 3.33. The second-order valence-corrected chi connectivity index (χ2v) is 6.39. The highest BCUT2D eigenvalue weighted by Gasteiger charge is 2.39. The summed E-state index contributed by atoms with van der Waals surface area (Å²) < 4.78 is 13.3. The van der Waals surface area contributed by atoms with Gasteiger partial charge in [-0.05, 0) is 49.4 Å². The quantitative estimate of drug-likeness (QED) is 0.737. The molecule has 0 amide bonds. The third-order valence-corrected chi connectivity index (χ3v) is 4.91. The lowest BCUT2D eigenvalue weighted by atomic mass is 10.0. The van der Waals surface area contributed by atoms with Gasteiger partial charge in [0.25, 0.3) is 0 Å². The highest BCUT2D eigenvalue weighted by atomic mass is 35.5. The van der Waals surface area contributed by atoms with E-state index in [1.807, 2.05) is 0 Å². The van der Waals surface area contributed by atoms with Crippen LogP contribution in [0.25, 0.3) is 0 Å². The van der Waals surface area contributed by atoms with E-state index in [0.717, 1.165) is 24.9 Å². The second-order valence-electron chi connectivity index (χ2n) is 5.36. The SMILES string of the molecule is Fc1ccc(Cl)c(CN2C3CCC2CC(Cl)C3)c1. The molecule has 2 fully saturated rings. The number of piperidine rings is 1. The Balaban J connectivity index is 1.79. The monoisotopic (exact) mass is 287 g/mol. The number of halogens is 3. The van der Waals surface area contributed by atoms with Crippen molar-refractivity contribution >= 4 is 23.2 Å². The third kappa shape index (κ3) is 2.38. The Kier molecular flexibility index (Phi) is 3.52. The van der Waals surface area contributed by atoms with Gasteiger partial charge in [0.2, 0.25) is 0 Å². The lowest BCUT2D eigenvalue weighted by molar-refractivity contribution is 0.134. The summed E-state index contributed by atoms with van der Waals surface area (Å²) in [4.78, 5) is 2.46. The molecule has 0 spiro atoms. The van der Waals surface area contributed by atoms with Crippen molar-refractivity contribution in [3.05, 3.63) is 34.6 Å². The molecule has 0 aliphatic carbocycles. The van der Waals surface area contributed by atoms with E-state index in [4.69, 9.17) is 23.2 Å². The van der Waals surface area contributed by atoms with Crippen LogP contribution in [0.2, 0.25) is 5.02 Å². The van der Waals surface area contributed by atoms with Gasteiger partial charge >= 0.3 is 0 Å². The van der Waals surface area contributed by atoms with E-state index < -0.39 is 0 Å². The van der Waals surface area contributed by atoms with Crippen LogP contribution in [0, 0.1) is 5.82 Å². The van der Waals surface area contributed by atoms with E-state index >= 15 is 0 Å². The Bertz CT molecular complexity index is 437. The molecule has 0 saturated carbocycles. The van der Waals surface area contributed by atoms with Crippen LogP contribution in [0.1, 0.15) is 31.2 Å². The molecule has 2 bridgehead atoms. The Hall–Kier alpha value is -0.310. The molecule has 0 aromatic heterocycles. The summed E-state index contributed by atoms with van der Waals surface area (Å²) >= 11 is 12.4. The summed E-state index contributed by atoms with van der Waals surface area (Å²) in [5.74, 6) is -0.214. The van der Waals surface area contributed by atoms with Crippen molar-refractivity contribution < 1.29 is 4.39 Å². The molecule has 2 heterocycles. The van der Waals surface area contributed by atoms with Gasteiger partial charge in [0.1, 0.15) is 5.82 Å². The third-order valence-electron chi connectivity index (χ3n) is 4.19. The van der Waals surface area contributed by atoms with Gasteiger partial charge in [0, 0.05) is 29.0 Å². The first-order valence-electron chi connectivity index (χ1n) is 6.47. The minimum absolute atomic E-state index is 0.214. The topological polar surface area (TPSA) is 3.24 Å². The summed E-state index contributed by atoms with van der Waals surface area (Å²) in [5.41, 5.74) is 0.890. The number of rotatable bonds is 2. The molecule has 2 aliphatic heterocycles. The zero-order valence-corrected chi connectivity index (χ0v) is 11.6. The summed E-state index contributed by atoms with van der Waals surface area (Å²) in [6, 6.07) is 5.69. The largest absolute Gasteiger partial charge is 0.293 e. The summed E-state index contributed by atoms with van der Waals surface area (Å²) in [6.45, 7) is 0.746. The minimum Gasteiger partial charge on any atom is -0.293 e. The van der Waals surface area contributed by atoms with Gasteiger partial charge in [-0.15, -0.1) is 11.6 Å². The van der Waals surface area contributed by atoms with Crippen molar-refractivity contribution in [2.45, 2.75) is 49.7 Å². The van der Waals surface area contributed by atoms with Gasteiger partial charge in [0.15, 0.2) is 0 Å². The molecule has 1 aromatic carbocycles. The fraction of sp³-hybridized carbons (Fsp3) is 0.571. The normalized spacial score (nSPS) is 31.8. The van der Waals surface area contributed by atoms with Crippen LogP contribution < -0.4 is 0 Å². The van der Waals surface area contributed by atoms with E-state index in [9.17, 15) is 4.39 Å². The molecule has 98 valence electrons. The lowest BCUT2D eigenvalue weighted by Crippen LogP contribution is -2.42. The van der Waals surface area contributed by atoms with Crippen LogP contribution in [0.15, 0.2) is 18.2 Å². The van der Waals surface area contributed by atoms with Crippen LogP contribution in [0.5, 0.6) is 0 Å². The van der Waals surface area contributed by atoms with Crippen molar-refractivity contribution in [2.75, 3.05) is 0 Å². The van der Waals surface area contributed by atoms with Gasteiger partial charge < -0.3 is 0 Å². The lowest BCUT2D eigenvalue weighted by Gasteiger charge is -2.37. The number of benzene rings is 1. The maximum atomic E-state index is 13.3. The van der Waals surface area contributed by atoms with Crippen LogP contribution in [0.4, 0.5) is 4.39 Å². The molecule has 2 atom stereocenters. The van der Waals surface area contributed by atoms with Crippen LogP contribution >= 0.6 is 23.2 Å². The zero-order chi connectivity index (χ0) is 12.7. The van der Waals surface area contributed by atoms with E-state index in [1.165, 1.54) is 18.9 Å². The van der Waals surface area contributed by atoms with Gasteiger partial charge in [0.05, 0.1) is 0 Å². The Labute approximate surface area is 117 Å². The molecular formula is C14H16Cl2FN. The van der Waals surface area contributed by atoms with Crippen molar-refractivity contribution in [2.24, 2.45) is 0 Å². The highest BCUT2D eigenvalue weighted by molar-refractivity contribution is 6.31. The summed E-state index contributed by atoms with van der Waals surface area (Å²) in [5, 5.41) is 0.963. The Morgan fingerprint density at radius 3 is 2.56 bits per heavy atom. The molecular weight excluding hydrogens is 272 g/mol. The highest BCUT2D eigenvalue weighted by Crippen LogP contribution is 2.39. The van der Waals surface area contributed by atoms with Crippen LogP contribution in [-0.4, -0.2) is 22.4 Å². The first-order chi connectivity index (χ1) is 8.63. The summed E-state index contributed by atoms with van der Waals surface area (Å²) in [6.07, 6.45) is 4.51. The Morgan fingerprint density at radius 2 is 1.89 bits per heavy atom. The molecule has 2 saturated heterocycles. The summed E-state index contributed by atoms with van der Waals surface area (Å²) in [7, 11) is 0. The van der Waals surface area contributed by atoms with E-state index in [0.29, 0.717) is 22.5 Å². The first-order valence-corrected chi connectivity index (χ1v) is 7.28. The van der Waals surface area contributed by atoms with E-state index in [1.54, 1.807) is 12.1 Å². The standard InChI is InChI=1S/C14H16Cl2FN/c15-10-6-12-2-3-13(7-10)18(12)8-9-5-11(17)1-4-14(9)16/h1,4-5,10,12-13H,2-3,6-8H2. The Morgan fingerprint density at radius 1 is 1.22 bits per heavy atom. The first kappa shape index (κ1) is 12.7. The van der Waals surface area contributed by atoms with Crippen LogP contribution in [-0.2, 0) is 6.54 Å². The second kappa shape index (κ2) is 4.99. The number of nitrogens with zero attached hydrogens (tertiary/aromatic N) is 1. The van der Waals surface area contributed by atoms with Gasteiger partial charge in [-0.1, -0.05) is 11.6 Å². The molecule has 0 N–H and O–H groups in total. The molecule has 0 radical (unpaired) electrons. The molecule has 3 rings (SSSR count). The smallest absolute Gasteiger partial charge is 0.123 e. The van der Waals surface area contributed by atoms with Gasteiger partial charge in [-0.25, -0.2) is 4.39 Å². The molecule has 2 aliphatic rings. The number of fused-ring (bicyclic) bond motifs is 2. The van der Waals surface area contributed by atoms with Crippen molar-refractivity contribution in [1.82, 2.24) is 4.90 Å². The predicted molar refractivity (Wildman–Crippen MR) is 72.6 cm³/mol. The number of hydrogen-bond donors (Lipinski definition) is 0. The number of hydrogen-bond acceptors (Lipinski definition) is 1. The molecule has 1 nitrogen and oxygen atoms in total. The average molecular weight is 288 g/mol. The maximum Gasteiger partial charge on any atom is 0.123 e. The molecule has 2 unspecified atom stereocenters. The predicted octanol–water partition coefficient (Wildman–Crippen LogP) is 4.21. The average Bonchev–Trinajstić information content (AvgIpc) is 2.57. The molecule has 1 aromatic rings. The zero-order valence-electron chi connectivity index (χ0n) is 10.1. The van der Waals surface area contributed by atoms with Crippen molar-refractivity contribution in [3.63, 3.8) is 0 Å². The maximum absolute atomic E-state index is 13.3. The molecule has 4 heteroatoms. The van der Waals surface area contributed by atoms with Crippen molar-refractivity contribution in [3.8, 4) is 0 Å². The minimum atomic E-state index is -0.214. The van der Waals surface area contributed by atoms with E-state index in [-0.39, 0.29) is 5.82 Å².